The summed E-state index contributed by atoms with van der Waals surface area (Å²) < 4.78 is 14.0. The predicted molar refractivity (Wildman–Crippen MR) is 121 cm³/mol. The summed E-state index contributed by atoms with van der Waals surface area (Å²) in [6.07, 6.45) is 0.268. The molecule has 0 radical (unpaired) electrons. The van der Waals surface area contributed by atoms with Crippen LogP contribution in [0, 0.1) is 0 Å². The molecule has 0 saturated heterocycles. The Kier molecular flexibility index (Phi) is 6.26. The van der Waals surface area contributed by atoms with Crippen molar-refractivity contribution in [3.05, 3.63) is 71.0 Å². The topological polar surface area (TPSA) is 52.8 Å². The van der Waals surface area contributed by atoms with Crippen LogP contribution in [0.5, 0.6) is 5.75 Å². The Morgan fingerprint density at radius 1 is 1.10 bits per heavy atom. The lowest BCUT2D eigenvalue weighted by molar-refractivity contribution is -0.117. The summed E-state index contributed by atoms with van der Waals surface area (Å²) >= 11 is 1.50. The number of fused-ring (bicyclic) bond motifs is 2. The van der Waals surface area contributed by atoms with E-state index in [1.54, 1.807) is 7.11 Å². The van der Waals surface area contributed by atoms with E-state index in [-0.39, 0.29) is 12.3 Å². The quantitative estimate of drug-likeness (QED) is 0.440. The SMILES string of the molecule is CCOc1ccc2c(c1)sc(=NC(=O)Cc1cccc3ccccc13)n2CCOC. The van der Waals surface area contributed by atoms with E-state index in [2.05, 4.69) is 17.1 Å². The molecule has 1 amide bonds. The van der Waals surface area contributed by atoms with Crippen LogP contribution in [-0.4, -0.2) is 30.8 Å². The van der Waals surface area contributed by atoms with Gasteiger partial charge in [-0.1, -0.05) is 53.8 Å². The van der Waals surface area contributed by atoms with E-state index in [0.717, 1.165) is 32.3 Å². The van der Waals surface area contributed by atoms with E-state index in [1.807, 2.05) is 60.0 Å². The van der Waals surface area contributed by atoms with Crippen molar-refractivity contribution in [2.45, 2.75) is 19.9 Å². The Bertz CT molecular complexity index is 1250. The van der Waals surface area contributed by atoms with Gasteiger partial charge in [0.25, 0.3) is 5.91 Å². The first kappa shape index (κ1) is 20.3. The van der Waals surface area contributed by atoms with Crippen molar-refractivity contribution >= 4 is 38.2 Å². The van der Waals surface area contributed by atoms with Crippen molar-refractivity contribution in [1.82, 2.24) is 4.57 Å². The summed E-state index contributed by atoms with van der Waals surface area (Å²) in [5, 5.41) is 2.22. The van der Waals surface area contributed by atoms with Gasteiger partial charge in [-0.3, -0.25) is 4.79 Å². The van der Waals surface area contributed by atoms with Crippen molar-refractivity contribution in [3.8, 4) is 5.75 Å². The fourth-order valence-corrected chi connectivity index (χ4v) is 4.65. The maximum absolute atomic E-state index is 12.9. The van der Waals surface area contributed by atoms with Crippen LogP contribution in [0.2, 0.25) is 0 Å². The number of methoxy groups -OCH3 is 1. The highest BCUT2D eigenvalue weighted by molar-refractivity contribution is 7.16. The number of aromatic nitrogens is 1. The Morgan fingerprint density at radius 2 is 1.93 bits per heavy atom. The summed E-state index contributed by atoms with van der Waals surface area (Å²) in [5.41, 5.74) is 2.02. The zero-order valence-corrected chi connectivity index (χ0v) is 17.9. The molecule has 6 heteroatoms. The van der Waals surface area contributed by atoms with Crippen LogP contribution < -0.4 is 9.54 Å². The zero-order valence-electron chi connectivity index (χ0n) is 17.1. The smallest absolute Gasteiger partial charge is 0.252 e. The van der Waals surface area contributed by atoms with Crippen molar-refractivity contribution < 1.29 is 14.3 Å². The molecule has 0 saturated carbocycles. The van der Waals surface area contributed by atoms with E-state index in [1.165, 1.54) is 11.3 Å². The standard InChI is InChI=1S/C24H24N2O3S/c1-3-29-19-11-12-21-22(16-19)30-24(26(21)13-14-28-2)25-23(27)15-18-9-6-8-17-7-4-5-10-20(17)18/h4-12,16H,3,13-15H2,1-2H3. The molecule has 3 aromatic carbocycles. The van der Waals surface area contributed by atoms with Gasteiger partial charge in [-0.15, -0.1) is 0 Å². The van der Waals surface area contributed by atoms with Gasteiger partial charge in [-0.2, -0.15) is 4.99 Å². The summed E-state index contributed by atoms with van der Waals surface area (Å²) in [4.78, 5) is 18.0. The van der Waals surface area contributed by atoms with Crippen LogP contribution in [0.15, 0.2) is 65.7 Å². The van der Waals surface area contributed by atoms with Gasteiger partial charge in [0.05, 0.1) is 29.9 Å². The number of thiazole rings is 1. The minimum absolute atomic E-state index is 0.158. The van der Waals surface area contributed by atoms with Crippen LogP contribution in [-0.2, 0) is 22.5 Å². The summed E-state index contributed by atoms with van der Waals surface area (Å²) in [5.74, 6) is 0.660. The third kappa shape index (κ3) is 4.30. The Balaban J connectivity index is 1.71. The molecule has 4 aromatic rings. The highest BCUT2D eigenvalue weighted by Crippen LogP contribution is 2.24. The minimum Gasteiger partial charge on any atom is -0.494 e. The van der Waals surface area contributed by atoms with Crippen LogP contribution in [0.25, 0.3) is 21.0 Å². The van der Waals surface area contributed by atoms with Gasteiger partial charge in [0.2, 0.25) is 0 Å². The number of carbonyl (C=O) groups excluding carboxylic acids is 1. The van der Waals surface area contributed by atoms with Gasteiger partial charge in [0.15, 0.2) is 4.80 Å². The molecule has 154 valence electrons. The van der Waals surface area contributed by atoms with Crippen LogP contribution >= 0.6 is 11.3 Å². The molecule has 1 heterocycles. The number of hydrogen-bond donors (Lipinski definition) is 0. The van der Waals surface area contributed by atoms with Crippen LogP contribution in [0.1, 0.15) is 12.5 Å². The molecule has 0 bridgehead atoms. The minimum atomic E-state index is -0.158. The molecular formula is C24H24N2O3S. The van der Waals surface area contributed by atoms with E-state index in [4.69, 9.17) is 9.47 Å². The molecule has 1 aromatic heterocycles. The molecule has 0 aliphatic rings. The lowest BCUT2D eigenvalue weighted by Gasteiger charge is -2.06. The van der Waals surface area contributed by atoms with Crippen molar-refractivity contribution in [3.63, 3.8) is 0 Å². The van der Waals surface area contributed by atoms with E-state index < -0.39 is 0 Å². The maximum atomic E-state index is 12.9. The molecule has 30 heavy (non-hydrogen) atoms. The van der Waals surface area contributed by atoms with Gasteiger partial charge in [0.1, 0.15) is 5.75 Å². The second-order valence-electron chi connectivity index (χ2n) is 6.91. The zero-order chi connectivity index (χ0) is 20.9. The average molecular weight is 421 g/mol. The molecule has 0 unspecified atom stereocenters. The second kappa shape index (κ2) is 9.24. The summed E-state index contributed by atoms with van der Waals surface area (Å²) in [6.45, 7) is 3.75. The van der Waals surface area contributed by atoms with Crippen molar-refractivity contribution in [1.29, 1.82) is 0 Å². The molecule has 0 N–H and O–H groups in total. The first-order valence-electron chi connectivity index (χ1n) is 9.99. The maximum Gasteiger partial charge on any atom is 0.252 e. The molecule has 0 fully saturated rings. The monoisotopic (exact) mass is 420 g/mol. The Hall–Kier alpha value is -2.96. The van der Waals surface area contributed by atoms with Gasteiger partial charge in [-0.05, 0) is 41.5 Å². The van der Waals surface area contributed by atoms with Gasteiger partial charge >= 0.3 is 0 Å². The number of hydrogen-bond acceptors (Lipinski definition) is 4. The van der Waals surface area contributed by atoms with E-state index in [9.17, 15) is 4.79 Å². The first-order chi connectivity index (χ1) is 14.7. The molecule has 0 spiro atoms. The predicted octanol–water partition coefficient (Wildman–Crippen LogP) is 4.57. The average Bonchev–Trinajstić information content (AvgIpc) is 3.08. The Labute approximate surface area is 179 Å². The van der Waals surface area contributed by atoms with Gasteiger partial charge < -0.3 is 14.0 Å². The molecule has 0 aliphatic carbocycles. The molecule has 4 rings (SSSR count). The molecule has 5 nitrogen and oxygen atoms in total. The third-order valence-electron chi connectivity index (χ3n) is 4.93. The molecule has 0 atom stereocenters. The van der Waals surface area contributed by atoms with E-state index >= 15 is 0 Å². The fraction of sp³-hybridized carbons (Fsp3) is 0.250. The number of rotatable bonds is 7. The normalized spacial score (nSPS) is 12.0. The number of benzene rings is 3. The number of nitrogens with zero attached hydrogens (tertiary/aromatic N) is 2. The van der Waals surface area contributed by atoms with Gasteiger partial charge in [-0.25, -0.2) is 0 Å². The number of amides is 1. The van der Waals surface area contributed by atoms with Crippen molar-refractivity contribution in [2.24, 2.45) is 4.99 Å². The highest BCUT2D eigenvalue weighted by Gasteiger charge is 2.11. The summed E-state index contributed by atoms with van der Waals surface area (Å²) in [6, 6.07) is 20.1. The van der Waals surface area contributed by atoms with Crippen molar-refractivity contribution in [2.75, 3.05) is 20.3 Å². The Morgan fingerprint density at radius 3 is 2.77 bits per heavy atom. The van der Waals surface area contributed by atoms with Gasteiger partial charge in [0, 0.05) is 13.7 Å². The van der Waals surface area contributed by atoms with E-state index in [0.29, 0.717) is 24.6 Å². The van der Waals surface area contributed by atoms with Crippen LogP contribution in [0.4, 0.5) is 0 Å². The molecular weight excluding hydrogens is 396 g/mol. The lowest BCUT2D eigenvalue weighted by Crippen LogP contribution is -2.19. The number of carbonyl (C=O) groups is 1. The fourth-order valence-electron chi connectivity index (χ4n) is 3.55. The summed E-state index contributed by atoms with van der Waals surface area (Å²) in [7, 11) is 1.67. The second-order valence-corrected chi connectivity index (χ2v) is 7.92. The number of ether oxygens (including phenoxy) is 2. The highest BCUT2D eigenvalue weighted by atomic mass is 32.1. The molecule has 0 aliphatic heterocycles. The largest absolute Gasteiger partial charge is 0.494 e. The van der Waals surface area contributed by atoms with Crippen LogP contribution in [0.3, 0.4) is 0 Å². The lowest BCUT2D eigenvalue weighted by atomic mass is 10.0. The third-order valence-corrected chi connectivity index (χ3v) is 5.97. The first-order valence-corrected chi connectivity index (χ1v) is 10.8.